The molecule has 0 aromatic heterocycles. The second-order valence-electron chi connectivity index (χ2n) is 6.22. The Balaban J connectivity index is 2.13. The maximum atomic E-state index is 12.9. The molecule has 4 heteroatoms. The third-order valence-corrected chi connectivity index (χ3v) is 4.92. The molecule has 21 heavy (non-hydrogen) atoms. The molecule has 1 saturated carbocycles. The molecule has 1 aliphatic rings. The highest BCUT2D eigenvalue weighted by Gasteiger charge is 2.35. The molecule has 0 unspecified atom stereocenters. The fraction of sp³-hybridized carbons (Fsp3) is 0.588. The summed E-state index contributed by atoms with van der Waals surface area (Å²) in [5.41, 5.74) is 6.99. The van der Waals surface area contributed by atoms with Gasteiger partial charge in [0, 0.05) is 23.0 Å². The third-order valence-electron chi connectivity index (χ3n) is 4.43. The van der Waals surface area contributed by atoms with Crippen molar-refractivity contribution in [3.63, 3.8) is 0 Å². The standard InChI is InChI=1S/C17H25BrN2O/c1-12(2)20(11-13-5-3-7-15(18)9-13)17(21)16-8-4-6-14(16)10-19/h3,5,7,9,12,14,16H,4,6,8,10-11,19H2,1-2H3/t14-,16-/m1/s1. The van der Waals surface area contributed by atoms with Crippen LogP contribution in [0.4, 0.5) is 0 Å². The van der Waals surface area contributed by atoms with E-state index in [0.717, 1.165) is 29.3 Å². The van der Waals surface area contributed by atoms with Gasteiger partial charge in [0.25, 0.3) is 0 Å². The highest BCUT2D eigenvalue weighted by molar-refractivity contribution is 9.10. The van der Waals surface area contributed by atoms with E-state index in [1.54, 1.807) is 0 Å². The number of carbonyl (C=O) groups excluding carboxylic acids is 1. The van der Waals surface area contributed by atoms with E-state index in [-0.39, 0.29) is 17.9 Å². The molecule has 0 spiro atoms. The van der Waals surface area contributed by atoms with E-state index in [1.165, 1.54) is 0 Å². The summed E-state index contributed by atoms with van der Waals surface area (Å²) in [6.07, 6.45) is 3.21. The molecule has 2 N–H and O–H groups in total. The van der Waals surface area contributed by atoms with Gasteiger partial charge in [0.05, 0.1) is 0 Å². The second-order valence-corrected chi connectivity index (χ2v) is 7.14. The Labute approximate surface area is 136 Å². The van der Waals surface area contributed by atoms with Gasteiger partial charge in [-0.25, -0.2) is 0 Å². The summed E-state index contributed by atoms with van der Waals surface area (Å²) >= 11 is 3.49. The van der Waals surface area contributed by atoms with Crippen molar-refractivity contribution in [3.05, 3.63) is 34.3 Å². The number of amides is 1. The molecule has 0 saturated heterocycles. The Hall–Kier alpha value is -0.870. The predicted molar refractivity (Wildman–Crippen MR) is 89.7 cm³/mol. The zero-order valence-corrected chi connectivity index (χ0v) is 14.5. The lowest BCUT2D eigenvalue weighted by molar-refractivity contribution is -0.139. The van der Waals surface area contributed by atoms with Crippen molar-refractivity contribution in [2.24, 2.45) is 17.6 Å². The van der Waals surface area contributed by atoms with E-state index in [0.29, 0.717) is 19.0 Å². The maximum Gasteiger partial charge on any atom is 0.226 e. The SMILES string of the molecule is CC(C)N(Cc1cccc(Br)c1)C(=O)[C@@H]1CCC[C@@H]1CN. The molecule has 1 fully saturated rings. The quantitative estimate of drug-likeness (QED) is 0.880. The van der Waals surface area contributed by atoms with Crippen LogP contribution in [-0.4, -0.2) is 23.4 Å². The average Bonchev–Trinajstić information content (AvgIpc) is 2.92. The molecule has 116 valence electrons. The smallest absolute Gasteiger partial charge is 0.226 e. The van der Waals surface area contributed by atoms with Crippen molar-refractivity contribution < 1.29 is 4.79 Å². The van der Waals surface area contributed by atoms with Gasteiger partial charge in [0.1, 0.15) is 0 Å². The van der Waals surface area contributed by atoms with Gasteiger partial charge in [-0.05, 0) is 56.8 Å². The van der Waals surface area contributed by atoms with E-state index < -0.39 is 0 Å². The molecule has 3 nitrogen and oxygen atoms in total. The van der Waals surface area contributed by atoms with Crippen LogP contribution in [0.3, 0.4) is 0 Å². The monoisotopic (exact) mass is 352 g/mol. The molecule has 0 bridgehead atoms. The molecule has 2 rings (SSSR count). The summed E-state index contributed by atoms with van der Waals surface area (Å²) in [6.45, 7) is 5.47. The fourth-order valence-electron chi connectivity index (χ4n) is 3.20. The van der Waals surface area contributed by atoms with Gasteiger partial charge < -0.3 is 10.6 Å². The third kappa shape index (κ3) is 4.07. The number of hydrogen-bond acceptors (Lipinski definition) is 2. The van der Waals surface area contributed by atoms with Gasteiger partial charge in [-0.15, -0.1) is 0 Å². The van der Waals surface area contributed by atoms with Crippen LogP contribution in [-0.2, 0) is 11.3 Å². The zero-order chi connectivity index (χ0) is 15.4. The highest BCUT2D eigenvalue weighted by Crippen LogP contribution is 2.33. The first-order chi connectivity index (χ1) is 10.0. The number of benzene rings is 1. The van der Waals surface area contributed by atoms with Crippen LogP contribution in [0.5, 0.6) is 0 Å². The average molecular weight is 353 g/mol. The largest absolute Gasteiger partial charge is 0.336 e. The van der Waals surface area contributed by atoms with E-state index in [4.69, 9.17) is 5.73 Å². The Morgan fingerprint density at radius 2 is 2.19 bits per heavy atom. The van der Waals surface area contributed by atoms with Gasteiger partial charge in [-0.2, -0.15) is 0 Å². The Bertz CT molecular complexity index is 489. The van der Waals surface area contributed by atoms with Crippen LogP contribution >= 0.6 is 15.9 Å². The summed E-state index contributed by atoms with van der Waals surface area (Å²) in [5.74, 6) is 0.753. The number of halogens is 1. The fourth-order valence-corrected chi connectivity index (χ4v) is 3.65. The van der Waals surface area contributed by atoms with Crippen LogP contribution in [0.25, 0.3) is 0 Å². The van der Waals surface area contributed by atoms with Gasteiger partial charge in [0.2, 0.25) is 5.91 Å². The topological polar surface area (TPSA) is 46.3 Å². The first-order valence-corrected chi connectivity index (χ1v) is 8.57. The lowest BCUT2D eigenvalue weighted by Crippen LogP contribution is -2.42. The van der Waals surface area contributed by atoms with E-state index >= 15 is 0 Å². The lowest BCUT2D eigenvalue weighted by Gasteiger charge is -2.31. The number of hydrogen-bond donors (Lipinski definition) is 1. The van der Waals surface area contributed by atoms with E-state index in [1.807, 2.05) is 17.0 Å². The van der Waals surface area contributed by atoms with Gasteiger partial charge >= 0.3 is 0 Å². The first kappa shape index (κ1) is 16.5. The molecule has 1 aromatic rings. The van der Waals surface area contributed by atoms with Crippen molar-refractivity contribution in [2.75, 3.05) is 6.54 Å². The first-order valence-electron chi connectivity index (χ1n) is 7.78. The van der Waals surface area contributed by atoms with Crippen molar-refractivity contribution in [2.45, 2.75) is 45.7 Å². The van der Waals surface area contributed by atoms with Crippen molar-refractivity contribution in [1.29, 1.82) is 0 Å². The van der Waals surface area contributed by atoms with Crippen LogP contribution in [0.1, 0.15) is 38.7 Å². The molecule has 0 heterocycles. The molecule has 1 aromatic carbocycles. The summed E-state index contributed by atoms with van der Waals surface area (Å²) in [6, 6.07) is 8.38. The summed E-state index contributed by atoms with van der Waals surface area (Å²) in [5, 5.41) is 0. The highest BCUT2D eigenvalue weighted by atomic mass is 79.9. The molecule has 1 amide bonds. The Morgan fingerprint density at radius 3 is 2.81 bits per heavy atom. The van der Waals surface area contributed by atoms with Gasteiger partial charge in [0.15, 0.2) is 0 Å². The van der Waals surface area contributed by atoms with Gasteiger partial charge in [-0.1, -0.05) is 34.5 Å². The maximum absolute atomic E-state index is 12.9. The van der Waals surface area contributed by atoms with Crippen LogP contribution in [0.15, 0.2) is 28.7 Å². The predicted octanol–water partition coefficient (Wildman–Crippen LogP) is 3.56. The number of nitrogens with two attached hydrogens (primary N) is 1. The van der Waals surface area contributed by atoms with Crippen LogP contribution in [0, 0.1) is 11.8 Å². The summed E-state index contributed by atoms with van der Waals surface area (Å²) in [4.78, 5) is 14.9. The van der Waals surface area contributed by atoms with E-state index in [9.17, 15) is 4.79 Å². The van der Waals surface area contributed by atoms with Gasteiger partial charge in [-0.3, -0.25) is 4.79 Å². The Kier molecular flexibility index (Phi) is 5.82. The van der Waals surface area contributed by atoms with Crippen molar-refractivity contribution >= 4 is 21.8 Å². The number of nitrogens with zero attached hydrogens (tertiary/aromatic N) is 1. The molecule has 1 aliphatic carbocycles. The molecular formula is C17H25BrN2O. The normalized spacial score (nSPS) is 21.8. The molecule has 0 aliphatic heterocycles. The molecular weight excluding hydrogens is 328 g/mol. The minimum atomic E-state index is 0.115. The van der Waals surface area contributed by atoms with Crippen molar-refractivity contribution in [3.8, 4) is 0 Å². The Morgan fingerprint density at radius 1 is 1.43 bits per heavy atom. The summed E-state index contributed by atoms with van der Waals surface area (Å²) < 4.78 is 1.05. The summed E-state index contributed by atoms with van der Waals surface area (Å²) in [7, 11) is 0. The van der Waals surface area contributed by atoms with Crippen LogP contribution < -0.4 is 5.73 Å². The minimum Gasteiger partial charge on any atom is -0.336 e. The number of carbonyl (C=O) groups is 1. The minimum absolute atomic E-state index is 0.115. The number of rotatable bonds is 5. The molecule has 0 radical (unpaired) electrons. The molecule has 2 atom stereocenters. The van der Waals surface area contributed by atoms with Crippen LogP contribution in [0.2, 0.25) is 0 Å². The second kappa shape index (κ2) is 7.41. The van der Waals surface area contributed by atoms with Crippen molar-refractivity contribution in [1.82, 2.24) is 4.90 Å². The zero-order valence-electron chi connectivity index (χ0n) is 12.9. The van der Waals surface area contributed by atoms with E-state index in [2.05, 4.69) is 41.9 Å². The lowest BCUT2D eigenvalue weighted by atomic mass is 9.94.